The molecule has 5 nitrogen and oxygen atoms in total. The minimum absolute atomic E-state index is 0. The molecule has 2 rings (SSSR count). The van der Waals surface area contributed by atoms with Crippen LogP contribution in [-0.4, -0.2) is 49.2 Å². The minimum atomic E-state index is 0. The molecule has 1 fully saturated rings. The first-order valence-electron chi connectivity index (χ1n) is 8.41. The zero-order chi connectivity index (χ0) is 16.9. The first-order valence-corrected chi connectivity index (χ1v) is 9.29. The molecule has 0 radical (unpaired) electrons. The number of halogens is 1. The van der Waals surface area contributed by atoms with Crippen molar-refractivity contribution in [3.05, 3.63) is 16.1 Å². The highest BCUT2D eigenvalue weighted by Crippen LogP contribution is 2.24. The number of methoxy groups -OCH3 is 1. The molecule has 2 heterocycles. The van der Waals surface area contributed by atoms with E-state index in [1.54, 1.807) is 18.4 Å². The summed E-state index contributed by atoms with van der Waals surface area (Å²) in [5.41, 5.74) is 1.25. The second-order valence-corrected chi connectivity index (χ2v) is 8.05. The first-order chi connectivity index (χ1) is 10.9. The van der Waals surface area contributed by atoms with Gasteiger partial charge in [0.15, 0.2) is 5.96 Å². The van der Waals surface area contributed by atoms with Crippen LogP contribution in [-0.2, 0) is 16.7 Å². The van der Waals surface area contributed by atoms with Crippen molar-refractivity contribution < 1.29 is 4.74 Å². The molecule has 0 aromatic carbocycles. The molecule has 1 aromatic heterocycles. The van der Waals surface area contributed by atoms with Crippen LogP contribution in [0.4, 0.5) is 0 Å². The first kappa shape index (κ1) is 21.6. The average molecular weight is 466 g/mol. The summed E-state index contributed by atoms with van der Waals surface area (Å²) in [5, 5.41) is 6.64. The average Bonchev–Trinajstić information content (AvgIpc) is 3.12. The zero-order valence-corrected chi connectivity index (χ0v) is 18.6. The van der Waals surface area contributed by atoms with E-state index in [-0.39, 0.29) is 29.4 Å². The molecule has 1 N–H and O–H groups in total. The number of hydrogen-bond acceptors (Lipinski definition) is 4. The summed E-state index contributed by atoms with van der Waals surface area (Å²) in [6.07, 6.45) is 1.17. The van der Waals surface area contributed by atoms with E-state index in [9.17, 15) is 0 Å². The van der Waals surface area contributed by atoms with Gasteiger partial charge in [-0.3, -0.25) is 0 Å². The van der Waals surface area contributed by atoms with E-state index in [4.69, 9.17) is 14.7 Å². The molecule has 1 aliphatic heterocycles. The second kappa shape index (κ2) is 9.91. The fourth-order valence-electron chi connectivity index (χ4n) is 2.69. The maximum absolute atomic E-state index is 5.28. The molecular weight excluding hydrogens is 435 g/mol. The van der Waals surface area contributed by atoms with Crippen LogP contribution in [0.5, 0.6) is 0 Å². The quantitative estimate of drug-likeness (QED) is 0.410. The van der Waals surface area contributed by atoms with Gasteiger partial charge >= 0.3 is 0 Å². The number of rotatable bonds is 5. The van der Waals surface area contributed by atoms with Gasteiger partial charge in [0.05, 0.1) is 18.8 Å². The lowest BCUT2D eigenvalue weighted by Gasteiger charge is -2.21. The molecule has 1 atom stereocenters. The van der Waals surface area contributed by atoms with Gasteiger partial charge in [0.2, 0.25) is 0 Å². The molecule has 0 saturated carbocycles. The Morgan fingerprint density at radius 3 is 2.83 bits per heavy atom. The van der Waals surface area contributed by atoms with Crippen molar-refractivity contribution in [2.45, 2.75) is 46.1 Å². The predicted octanol–water partition coefficient (Wildman–Crippen LogP) is 3.49. The van der Waals surface area contributed by atoms with E-state index >= 15 is 0 Å². The number of hydrogen-bond donors (Lipinski definition) is 1. The molecule has 0 spiro atoms. The largest absolute Gasteiger partial charge is 0.384 e. The number of aromatic nitrogens is 1. The van der Waals surface area contributed by atoms with Crippen LogP contribution in [0.1, 0.15) is 44.8 Å². The van der Waals surface area contributed by atoms with Crippen LogP contribution in [0.2, 0.25) is 0 Å². The Bertz CT molecular complexity index is 527. The number of nitrogens with one attached hydrogen (secondary N) is 1. The van der Waals surface area contributed by atoms with Crippen LogP contribution >= 0.6 is 35.3 Å². The number of ether oxygens (including phenoxy) is 1. The fourth-order valence-corrected chi connectivity index (χ4v) is 3.64. The molecule has 24 heavy (non-hydrogen) atoms. The summed E-state index contributed by atoms with van der Waals surface area (Å²) in [6.45, 7) is 13.1. The summed E-state index contributed by atoms with van der Waals surface area (Å²) in [5.74, 6) is 1.61. The Labute approximate surface area is 167 Å². The van der Waals surface area contributed by atoms with Gasteiger partial charge in [-0.1, -0.05) is 20.8 Å². The van der Waals surface area contributed by atoms with Crippen LogP contribution in [0.25, 0.3) is 0 Å². The predicted molar refractivity (Wildman–Crippen MR) is 113 cm³/mol. The van der Waals surface area contributed by atoms with Crippen molar-refractivity contribution in [1.82, 2.24) is 15.2 Å². The van der Waals surface area contributed by atoms with Gasteiger partial charge in [-0.15, -0.1) is 35.3 Å². The smallest absolute Gasteiger partial charge is 0.194 e. The monoisotopic (exact) mass is 466 g/mol. The van der Waals surface area contributed by atoms with Crippen molar-refractivity contribution in [3.63, 3.8) is 0 Å². The molecule has 138 valence electrons. The molecule has 0 aliphatic carbocycles. The number of nitrogens with zero attached hydrogens (tertiary/aromatic N) is 3. The summed E-state index contributed by atoms with van der Waals surface area (Å²) in [4.78, 5) is 11.9. The molecule has 0 amide bonds. The minimum Gasteiger partial charge on any atom is -0.384 e. The third-order valence-electron chi connectivity index (χ3n) is 4.01. The second-order valence-electron chi connectivity index (χ2n) is 7.10. The molecule has 0 bridgehead atoms. The van der Waals surface area contributed by atoms with Gasteiger partial charge < -0.3 is 15.0 Å². The van der Waals surface area contributed by atoms with E-state index < -0.39 is 0 Å². The Hall–Kier alpha value is -0.410. The van der Waals surface area contributed by atoms with Crippen LogP contribution < -0.4 is 5.32 Å². The normalized spacial score (nSPS) is 18.6. The molecule has 1 saturated heterocycles. The van der Waals surface area contributed by atoms with Gasteiger partial charge in [0.1, 0.15) is 5.01 Å². The SMILES string of the molecule is CCNC(=NCc1nc(C(C)(C)C)cs1)N1CCC(COC)C1.I. The number of guanidine groups is 1. The van der Waals surface area contributed by atoms with Crippen molar-refractivity contribution in [3.8, 4) is 0 Å². The maximum Gasteiger partial charge on any atom is 0.194 e. The lowest BCUT2D eigenvalue weighted by molar-refractivity contribution is 0.157. The van der Waals surface area contributed by atoms with E-state index in [0.717, 1.165) is 42.9 Å². The molecule has 1 aliphatic rings. The van der Waals surface area contributed by atoms with E-state index in [2.05, 4.69) is 43.3 Å². The molecule has 1 unspecified atom stereocenters. The maximum atomic E-state index is 5.28. The lowest BCUT2D eigenvalue weighted by atomic mass is 9.93. The van der Waals surface area contributed by atoms with Crippen molar-refractivity contribution >= 4 is 41.3 Å². The van der Waals surface area contributed by atoms with E-state index in [1.165, 1.54) is 6.42 Å². The molecule has 1 aromatic rings. The van der Waals surface area contributed by atoms with Gasteiger partial charge in [-0.05, 0) is 13.3 Å². The number of likely N-dealkylation sites (tertiary alicyclic amines) is 1. The van der Waals surface area contributed by atoms with Crippen molar-refractivity contribution in [2.75, 3.05) is 33.4 Å². The van der Waals surface area contributed by atoms with Crippen LogP contribution in [0, 0.1) is 5.92 Å². The fraction of sp³-hybridized carbons (Fsp3) is 0.765. The third kappa shape index (κ3) is 6.15. The highest BCUT2D eigenvalue weighted by molar-refractivity contribution is 14.0. The Kier molecular flexibility index (Phi) is 8.94. The Balaban J connectivity index is 0.00000288. The number of thiazole rings is 1. The summed E-state index contributed by atoms with van der Waals surface area (Å²) >= 11 is 1.70. The van der Waals surface area contributed by atoms with Gasteiger partial charge in [0, 0.05) is 43.5 Å². The van der Waals surface area contributed by atoms with Crippen molar-refractivity contribution in [2.24, 2.45) is 10.9 Å². The highest BCUT2D eigenvalue weighted by Gasteiger charge is 2.24. The van der Waals surface area contributed by atoms with E-state index in [0.29, 0.717) is 12.5 Å². The molecule has 7 heteroatoms. The number of aliphatic imine (C=N–C) groups is 1. The zero-order valence-electron chi connectivity index (χ0n) is 15.5. The highest BCUT2D eigenvalue weighted by atomic mass is 127. The van der Waals surface area contributed by atoms with Gasteiger partial charge in [-0.2, -0.15) is 0 Å². The Morgan fingerprint density at radius 1 is 1.50 bits per heavy atom. The lowest BCUT2D eigenvalue weighted by Crippen LogP contribution is -2.40. The van der Waals surface area contributed by atoms with Gasteiger partial charge in [-0.25, -0.2) is 9.98 Å². The topological polar surface area (TPSA) is 49.8 Å². The van der Waals surface area contributed by atoms with Crippen LogP contribution in [0.15, 0.2) is 10.4 Å². The molecular formula is C17H31IN4OS. The Morgan fingerprint density at radius 2 is 2.25 bits per heavy atom. The third-order valence-corrected chi connectivity index (χ3v) is 4.84. The van der Waals surface area contributed by atoms with Crippen LogP contribution in [0.3, 0.4) is 0 Å². The summed E-state index contributed by atoms with van der Waals surface area (Å²) < 4.78 is 5.28. The van der Waals surface area contributed by atoms with Gasteiger partial charge in [0.25, 0.3) is 0 Å². The standard InChI is InChI=1S/C17H30N4OS.HI/c1-6-18-16(21-8-7-13(10-21)11-22-5)19-9-15-20-14(12-23-15)17(2,3)4;/h12-13H,6-11H2,1-5H3,(H,18,19);1H. The van der Waals surface area contributed by atoms with Crippen molar-refractivity contribution in [1.29, 1.82) is 0 Å². The summed E-state index contributed by atoms with van der Waals surface area (Å²) in [7, 11) is 1.78. The summed E-state index contributed by atoms with van der Waals surface area (Å²) in [6, 6.07) is 0. The van der Waals surface area contributed by atoms with E-state index in [1.807, 2.05) is 0 Å².